The third kappa shape index (κ3) is 3.83. The lowest BCUT2D eigenvalue weighted by Gasteiger charge is -2.32. The molecule has 1 saturated heterocycles. The molecule has 0 bridgehead atoms. The molecule has 2 rings (SSSR count). The molecule has 1 aromatic heterocycles. The maximum Gasteiger partial charge on any atom is 0.211 e. The first kappa shape index (κ1) is 14.1. The van der Waals surface area contributed by atoms with Crippen LogP contribution < -0.4 is 11.3 Å². The normalized spacial score (nSPS) is 18.4. The minimum atomic E-state index is -3.07. The van der Waals surface area contributed by atoms with E-state index in [-0.39, 0.29) is 0 Å². The molecule has 0 aliphatic carbocycles. The Labute approximate surface area is 112 Å². The zero-order valence-electron chi connectivity index (χ0n) is 10.8. The van der Waals surface area contributed by atoms with Gasteiger partial charge in [0.2, 0.25) is 10.0 Å². The number of sulfonamides is 1. The van der Waals surface area contributed by atoms with Gasteiger partial charge in [-0.05, 0) is 0 Å². The molecule has 0 atom stereocenters. The van der Waals surface area contributed by atoms with E-state index in [1.54, 1.807) is 12.4 Å². The molecule has 2 heterocycles. The van der Waals surface area contributed by atoms with E-state index in [4.69, 9.17) is 5.84 Å². The molecular formula is C10H18N6O2S. The molecule has 1 aliphatic rings. The minimum absolute atomic E-state index is 0.519. The standard InChI is InChI=1S/C10H18N6O2S/c1-19(17,18)16-4-2-15(3-5-16)8-9-6-13-10(14-11)7-12-9/h6-7H,2-5,8,11H2,1H3,(H,13,14). The van der Waals surface area contributed by atoms with Crippen LogP contribution in [0.2, 0.25) is 0 Å². The van der Waals surface area contributed by atoms with E-state index in [1.807, 2.05) is 0 Å². The van der Waals surface area contributed by atoms with Gasteiger partial charge in [0.15, 0.2) is 5.82 Å². The first-order valence-electron chi connectivity index (χ1n) is 5.94. The molecule has 1 aromatic rings. The fourth-order valence-corrected chi connectivity index (χ4v) is 2.79. The summed E-state index contributed by atoms with van der Waals surface area (Å²) in [5, 5.41) is 0. The summed E-state index contributed by atoms with van der Waals surface area (Å²) < 4.78 is 24.3. The first-order chi connectivity index (χ1) is 8.99. The number of nitrogens with two attached hydrogens (primary N) is 1. The van der Waals surface area contributed by atoms with E-state index in [9.17, 15) is 8.42 Å². The lowest BCUT2D eigenvalue weighted by atomic mass is 10.3. The Morgan fingerprint density at radius 2 is 1.95 bits per heavy atom. The van der Waals surface area contributed by atoms with Crippen molar-refractivity contribution in [2.75, 3.05) is 37.9 Å². The minimum Gasteiger partial charge on any atom is -0.307 e. The zero-order chi connectivity index (χ0) is 13.9. The van der Waals surface area contributed by atoms with Gasteiger partial charge in [0.05, 0.1) is 24.3 Å². The average Bonchev–Trinajstić information content (AvgIpc) is 2.39. The number of hydrogen-bond acceptors (Lipinski definition) is 7. The van der Waals surface area contributed by atoms with Gasteiger partial charge in [-0.25, -0.2) is 19.2 Å². The monoisotopic (exact) mass is 286 g/mol. The number of hydrazine groups is 1. The first-order valence-corrected chi connectivity index (χ1v) is 7.79. The van der Waals surface area contributed by atoms with Crippen LogP contribution in [-0.4, -0.2) is 60.0 Å². The summed E-state index contributed by atoms with van der Waals surface area (Å²) in [6, 6.07) is 0. The van der Waals surface area contributed by atoms with Gasteiger partial charge in [0.25, 0.3) is 0 Å². The van der Waals surface area contributed by atoms with Gasteiger partial charge in [-0.1, -0.05) is 0 Å². The summed E-state index contributed by atoms with van der Waals surface area (Å²) in [5.41, 5.74) is 3.26. The molecule has 8 nitrogen and oxygen atoms in total. The predicted molar refractivity (Wildman–Crippen MR) is 71.5 cm³/mol. The zero-order valence-corrected chi connectivity index (χ0v) is 11.6. The lowest BCUT2D eigenvalue weighted by molar-refractivity contribution is 0.180. The van der Waals surface area contributed by atoms with Gasteiger partial charge < -0.3 is 5.43 Å². The van der Waals surface area contributed by atoms with Crippen LogP contribution in [0.15, 0.2) is 12.4 Å². The molecule has 1 aliphatic heterocycles. The van der Waals surface area contributed by atoms with E-state index in [1.165, 1.54) is 10.6 Å². The Kier molecular flexibility index (Phi) is 4.30. The molecule has 0 spiro atoms. The summed E-state index contributed by atoms with van der Waals surface area (Å²) in [6.45, 7) is 3.11. The second-order valence-corrected chi connectivity index (χ2v) is 6.46. The van der Waals surface area contributed by atoms with Gasteiger partial charge in [0, 0.05) is 32.7 Å². The van der Waals surface area contributed by atoms with E-state index in [0.29, 0.717) is 38.5 Å². The summed E-state index contributed by atoms with van der Waals surface area (Å²) in [7, 11) is -3.07. The molecule has 9 heteroatoms. The summed E-state index contributed by atoms with van der Waals surface area (Å²) in [4.78, 5) is 10.5. The number of rotatable bonds is 4. The van der Waals surface area contributed by atoms with Crippen molar-refractivity contribution >= 4 is 15.8 Å². The van der Waals surface area contributed by atoms with E-state index >= 15 is 0 Å². The highest BCUT2D eigenvalue weighted by atomic mass is 32.2. The Hall–Kier alpha value is -1.29. The van der Waals surface area contributed by atoms with Crippen LogP contribution in [0.4, 0.5) is 5.82 Å². The van der Waals surface area contributed by atoms with E-state index < -0.39 is 10.0 Å². The van der Waals surface area contributed by atoms with Crippen molar-refractivity contribution in [1.82, 2.24) is 19.2 Å². The molecule has 0 radical (unpaired) electrons. The highest BCUT2D eigenvalue weighted by Crippen LogP contribution is 2.09. The van der Waals surface area contributed by atoms with Crippen molar-refractivity contribution in [3.8, 4) is 0 Å². The number of nitrogens with zero attached hydrogens (tertiary/aromatic N) is 4. The van der Waals surface area contributed by atoms with Crippen molar-refractivity contribution in [3.05, 3.63) is 18.1 Å². The SMILES string of the molecule is CS(=O)(=O)N1CCN(Cc2cnc(NN)cn2)CC1. The number of hydrogen-bond donors (Lipinski definition) is 2. The van der Waals surface area contributed by atoms with Gasteiger partial charge in [-0.2, -0.15) is 4.31 Å². The van der Waals surface area contributed by atoms with Crippen LogP contribution in [0.25, 0.3) is 0 Å². The summed E-state index contributed by atoms with van der Waals surface area (Å²) in [5.74, 6) is 5.73. The maximum absolute atomic E-state index is 11.4. The predicted octanol–water partition coefficient (Wildman–Crippen LogP) is -1.16. The average molecular weight is 286 g/mol. The van der Waals surface area contributed by atoms with Crippen LogP contribution in [0.3, 0.4) is 0 Å². The highest BCUT2D eigenvalue weighted by Gasteiger charge is 2.23. The third-order valence-electron chi connectivity index (χ3n) is 3.04. The molecule has 0 amide bonds. The fourth-order valence-electron chi connectivity index (χ4n) is 1.96. The van der Waals surface area contributed by atoms with Crippen molar-refractivity contribution < 1.29 is 8.42 Å². The number of nitrogens with one attached hydrogen (secondary N) is 1. The molecule has 106 valence electrons. The highest BCUT2D eigenvalue weighted by molar-refractivity contribution is 7.88. The fraction of sp³-hybridized carbons (Fsp3) is 0.600. The van der Waals surface area contributed by atoms with E-state index in [2.05, 4.69) is 20.3 Å². The molecule has 0 unspecified atom stereocenters. The van der Waals surface area contributed by atoms with Crippen LogP contribution in [-0.2, 0) is 16.6 Å². The topological polar surface area (TPSA) is 104 Å². The molecule has 0 saturated carbocycles. The van der Waals surface area contributed by atoms with Crippen LogP contribution in [0.1, 0.15) is 5.69 Å². The second kappa shape index (κ2) is 5.78. The number of piperazine rings is 1. The maximum atomic E-state index is 11.4. The van der Waals surface area contributed by atoms with Gasteiger partial charge in [-0.3, -0.25) is 9.88 Å². The Morgan fingerprint density at radius 1 is 1.26 bits per heavy atom. The summed E-state index contributed by atoms with van der Waals surface area (Å²) >= 11 is 0. The second-order valence-electron chi connectivity index (χ2n) is 4.48. The molecule has 3 N–H and O–H groups in total. The van der Waals surface area contributed by atoms with Crippen molar-refractivity contribution in [2.45, 2.75) is 6.54 Å². The Balaban J connectivity index is 1.88. The van der Waals surface area contributed by atoms with Crippen molar-refractivity contribution in [1.29, 1.82) is 0 Å². The van der Waals surface area contributed by atoms with Crippen LogP contribution >= 0.6 is 0 Å². The van der Waals surface area contributed by atoms with Gasteiger partial charge in [0.1, 0.15) is 0 Å². The number of anilines is 1. The van der Waals surface area contributed by atoms with Gasteiger partial charge in [-0.15, -0.1) is 0 Å². The molecule has 0 aromatic carbocycles. The van der Waals surface area contributed by atoms with Gasteiger partial charge >= 0.3 is 0 Å². The lowest BCUT2D eigenvalue weighted by Crippen LogP contribution is -2.47. The van der Waals surface area contributed by atoms with Crippen LogP contribution in [0, 0.1) is 0 Å². The smallest absolute Gasteiger partial charge is 0.211 e. The molecule has 1 fully saturated rings. The Morgan fingerprint density at radius 3 is 2.42 bits per heavy atom. The third-order valence-corrected chi connectivity index (χ3v) is 4.34. The van der Waals surface area contributed by atoms with Crippen molar-refractivity contribution in [3.63, 3.8) is 0 Å². The van der Waals surface area contributed by atoms with Crippen molar-refractivity contribution in [2.24, 2.45) is 5.84 Å². The quantitative estimate of drug-likeness (QED) is 0.531. The Bertz CT molecular complexity index is 509. The molecule has 19 heavy (non-hydrogen) atoms. The van der Waals surface area contributed by atoms with E-state index in [0.717, 1.165) is 5.69 Å². The molecular weight excluding hydrogens is 268 g/mol. The largest absolute Gasteiger partial charge is 0.307 e. The number of nitrogen functional groups attached to an aromatic ring is 1. The van der Waals surface area contributed by atoms with Crippen LogP contribution in [0.5, 0.6) is 0 Å². The summed E-state index contributed by atoms with van der Waals surface area (Å²) in [6.07, 6.45) is 4.48. The number of aromatic nitrogens is 2.